The first-order chi connectivity index (χ1) is 13.0. The van der Waals surface area contributed by atoms with Gasteiger partial charge in [-0.25, -0.2) is 0 Å². The van der Waals surface area contributed by atoms with Crippen LogP contribution in [-0.2, 0) is 9.59 Å². The number of benzene rings is 1. The molecule has 0 atom stereocenters. The molecule has 3 rings (SSSR count). The summed E-state index contributed by atoms with van der Waals surface area (Å²) in [5, 5.41) is 2.55. The van der Waals surface area contributed by atoms with Crippen LogP contribution in [0, 0.1) is 12.8 Å². The average molecular weight is 387 g/mol. The Bertz CT molecular complexity index is 736. The van der Waals surface area contributed by atoms with E-state index in [-0.39, 0.29) is 23.6 Å². The van der Waals surface area contributed by atoms with Crippen LogP contribution in [0.1, 0.15) is 49.7 Å². The van der Waals surface area contributed by atoms with Gasteiger partial charge in [0.15, 0.2) is 0 Å². The third-order valence-electron chi connectivity index (χ3n) is 5.16. The maximum absolute atomic E-state index is 12.5. The monoisotopic (exact) mass is 386 g/mol. The van der Waals surface area contributed by atoms with Crippen LogP contribution in [0.15, 0.2) is 29.2 Å². The summed E-state index contributed by atoms with van der Waals surface area (Å²) in [4.78, 5) is 38.2. The molecule has 6 heteroatoms. The number of nitrogens with zero attached hydrogens (tertiary/aromatic N) is 1. The van der Waals surface area contributed by atoms with E-state index in [4.69, 9.17) is 0 Å². The zero-order valence-electron chi connectivity index (χ0n) is 15.7. The molecule has 1 saturated carbocycles. The van der Waals surface area contributed by atoms with Gasteiger partial charge in [-0.3, -0.25) is 19.3 Å². The Morgan fingerprint density at radius 3 is 2.63 bits per heavy atom. The maximum Gasteiger partial charge on any atom is 0.293 e. The molecule has 0 spiro atoms. The molecule has 1 saturated heterocycles. The molecule has 1 aliphatic carbocycles. The largest absolute Gasteiger partial charge is 0.354 e. The van der Waals surface area contributed by atoms with E-state index < -0.39 is 0 Å². The predicted molar refractivity (Wildman–Crippen MR) is 108 cm³/mol. The highest BCUT2D eigenvalue weighted by atomic mass is 32.2. The Labute approximate surface area is 164 Å². The Kier molecular flexibility index (Phi) is 6.72. The van der Waals surface area contributed by atoms with Crippen molar-refractivity contribution in [2.24, 2.45) is 5.92 Å². The van der Waals surface area contributed by atoms with Gasteiger partial charge in [0.05, 0.1) is 4.91 Å². The molecule has 0 unspecified atom stereocenters. The summed E-state index contributed by atoms with van der Waals surface area (Å²) < 4.78 is 0. The minimum absolute atomic E-state index is 0.00377. The van der Waals surface area contributed by atoms with Crippen LogP contribution in [0.5, 0.6) is 0 Å². The average Bonchev–Trinajstić information content (AvgIpc) is 3.26. The van der Waals surface area contributed by atoms with Crippen LogP contribution in [0.25, 0.3) is 6.08 Å². The van der Waals surface area contributed by atoms with E-state index in [9.17, 15) is 14.4 Å². The van der Waals surface area contributed by atoms with Crippen LogP contribution in [-0.4, -0.2) is 35.0 Å². The van der Waals surface area contributed by atoms with Crippen molar-refractivity contribution in [3.63, 3.8) is 0 Å². The SMILES string of the molecule is Cc1ccc(C=C2SC(=O)N(CCNC(=O)CCC3CCCC3)C2=O)cc1. The fourth-order valence-electron chi connectivity index (χ4n) is 3.54. The Balaban J connectivity index is 1.45. The molecule has 1 aromatic rings. The fraction of sp³-hybridized carbons (Fsp3) is 0.476. The number of thioether (sulfide) groups is 1. The Morgan fingerprint density at radius 1 is 1.22 bits per heavy atom. The van der Waals surface area contributed by atoms with Crippen molar-refractivity contribution in [2.75, 3.05) is 13.1 Å². The minimum atomic E-state index is -0.286. The smallest absolute Gasteiger partial charge is 0.293 e. The van der Waals surface area contributed by atoms with Gasteiger partial charge in [-0.15, -0.1) is 0 Å². The van der Waals surface area contributed by atoms with Crippen LogP contribution >= 0.6 is 11.8 Å². The number of amides is 3. The first-order valence-corrected chi connectivity index (χ1v) is 10.4. The summed E-state index contributed by atoms with van der Waals surface area (Å²) in [7, 11) is 0. The molecule has 144 valence electrons. The topological polar surface area (TPSA) is 66.5 Å². The summed E-state index contributed by atoms with van der Waals surface area (Å²) in [5.41, 5.74) is 2.04. The molecule has 2 aliphatic rings. The van der Waals surface area contributed by atoms with Gasteiger partial charge in [0.2, 0.25) is 5.91 Å². The van der Waals surface area contributed by atoms with Crippen LogP contribution in [0.2, 0.25) is 0 Å². The van der Waals surface area contributed by atoms with Crippen molar-refractivity contribution in [1.82, 2.24) is 10.2 Å². The first kappa shape index (κ1) is 19.7. The standard InChI is InChI=1S/C21H26N2O3S/c1-15-6-8-17(9-7-15)14-18-20(25)23(21(26)27-18)13-12-22-19(24)11-10-16-4-2-3-5-16/h6-9,14,16H,2-5,10-13H2,1H3,(H,22,24). The fourth-order valence-corrected chi connectivity index (χ4v) is 4.40. The Morgan fingerprint density at radius 2 is 1.93 bits per heavy atom. The zero-order valence-corrected chi connectivity index (χ0v) is 16.5. The van der Waals surface area contributed by atoms with Gasteiger partial charge in [-0.2, -0.15) is 0 Å². The number of aryl methyl sites for hydroxylation is 1. The quantitative estimate of drug-likeness (QED) is 0.716. The van der Waals surface area contributed by atoms with E-state index in [0.717, 1.165) is 29.3 Å². The lowest BCUT2D eigenvalue weighted by Gasteiger charge is -2.13. The van der Waals surface area contributed by atoms with Gasteiger partial charge in [-0.05, 0) is 42.7 Å². The summed E-state index contributed by atoms with van der Waals surface area (Å²) in [6, 6.07) is 7.79. The van der Waals surface area contributed by atoms with E-state index in [1.165, 1.54) is 30.6 Å². The van der Waals surface area contributed by atoms with E-state index in [1.807, 2.05) is 31.2 Å². The number of hydrogen-bond donors (Lipinski definition) is 1. The molecule has 1 aliphatic heterocycles. The van der Waals surface area contributed by atoms with Gasteiger partial charge in [0.25, 0.3) is 11.1 Å². The molecule has 0 radical (unpaired) electrons. The lowest BCUT2D eigenvalue weighted by atomic mass is 10.0. The molecule has 5 nitrogen and oxygen atoms in total. The normalized spacial score (nSPS) is 19.3. The first-order valence-electron chi connectivity index (χ1n) is 9.61. The van der Waals surface area contributed by atoms with Crippen molar-refractivity contribution in [2.45, 2.75) is 45.4 Å². The summed E-state index contributed by atoms with van der Waals surface area (Å²) in [6.07, 6.45) is 8.23. The molecule has 0 aromatic heterocycles. The highest BCUT2D eigenvalue weighted by Gasteiger charge is 2.34. The van der Waals surface area contributed by atoms with Gasteiger partial charge in [0.1, 0.15) is 0 Å². The highest BCUT2D eigenvalue weighted by Crippen LogP contribution is 2.32. The molecular formula is C21H26N2O3S. The highest BCUT2D eigenvalue weighted by molar-refractivity contribution is 8.18. The molecule has 1 heterocycles. The third-order valence-corrected chi connectivity index (χ3v) is 6.07. The third kappa shape index (κ3) is 5.45. The summed E-state index contributed by atoms with van der Waals surface area (Å²) in [5.74, 6) is 0.401. The molecule has 2 fully saturated rings. The number of carbonyl (C=O) groups excluding carboxylic acids is 3. The second kappa shape index (κ2) is 9.22. The second-order valence-corrected chi connectivity index (χ2v) is 8.28. The maximum atomic E-state index is 12.5. The van der Waals surface area contributed by atoms with E-state index >= 15 is 0 Å². The van der Waals surface area contributed by atoms with Gasteiger partial charge in [0, 0.05) is 19.5 Å². The molecule has 0 bridgehead atoms. The van der Waals surface area contributed by atoms with Crippen molar-refractivity contribution < 1.29 is 14.4 Å². The minimum Gasteiger partial charge on any atom is -0.354 e. The number of hydrogen-bond acceptors (Lipinski definition) is 4. The molecule has 1 aromatic carbocycles. The van der Waals surface area contributed by atoms with Crippen LogP contribution in [0.4, 0.5) is 4.79 Å². The zero-order chi connectivity index (χ0) is 19.2. The van der Waals surface area contributed by atoms with Crippen LogP contribution < -0.4 is 5.32 Å². The number of rotatable bonds is 7. The predicted octanol–water partition coefficient (Wildman–Crippen LogP) is 4.12. The lowest BCUT2D eigenvalue weighted by molar-refractivity contribution is -0.124. The number of carbonyl (C=O) groups is 3. The molecular weight excluding hydrogens is 360 g/mol. The van der Waals surface area contributed by atoms with Crippen molar-refractivity contribution >= 4 is 34.9 Å². The molecule has 27 heavy (non-hydrogen) atoms. The van der Waals surface area contributed by atoms with Gasteiger partial charge < -0.3 is 5.32 Å². The Hall–Kier alpha value is -2.08. The molecule has 1 N–H and O–H groups in total. The van der Waals surface area contributed by atoms with Gasteiger partial charge >= 0.3 is 0 Å². The van der Waals surface area contributed by atoms with Crippen LogP contribution in [0.3, 0.4) is 0 Å². The lowest BCUT2D eigenvalue weighted by Crippen LogP contribution is -2.37. The second-order valence-electron chi connectivity index (χ2n) is 7.28. The molecule has 3 amide bonds. The van der Waals surface area contributed by atoms with E-state index in [0.29, 0.717) is 23.8 Å². The van der Waals surface area contributed by atoms with Gasteiger partial charge in [-0.1, -0.05) is 55.5 Å². The summed E-state index contributed by atoms with van der Waals surface area (Å²) >= 11 is 0.953. The van der Waals surface area contributed by atoms with Crippen molar-refractivity contribution in [3.8, 4) is 0 Å². The summed E-state index contributed by atoms with van der Waals surface area (Å²) in [6.45, 7) is 2.52. The van der Waals surface area contributed by atoms with Crippen molar-refractivity contribution in [1.29, 1.82) is 0 Å². The number of nitrogens with one attached hydrogen (secondary N) is 1. The van der Waals surface area contributed by atoms with E-state index in [2.05, 4.69) is 5.32 Å². The van der Waals surface area contributed by atoms with E-state index in [1.54, 1.807) is 6.08 Å². The van der Waals surface area contributed by atoms with Crippen molar-refractivity contribution in [3.05, 3.63) is 40.3 Å². The number of imide groups is 1.